The Bertz CT molecular complexity index is 823. The third-order valence-electron chi connectivity index (χ3n) is 3.50. The Morgan fingerprint density at radius 1 is 1.39 bits per heavy atom. The monoisotopic (exact) mass is 421 g/mol. The van der Waals surface area contributed by atoms with Crippen LogP contribution in [-0.2, 0) is 9.53 Å². The van der Waals surface area contributed by atoms with Crippen LogP contribution in [0.4, 0.5) is 10.8 Å². The maximum atomic E-state index is 12.1. The zero-order chi connectivity index (χ0) is 20.5. The number of nitrogens with zero attached hydrogens (tertiary/aromatic N) is 3. The highest BCUT2D eigenvalue weighted by atomic mass is 32.1. The average Bonchev–Trinajstić information content (AvgIpc) is 3.10. The van der Waals surface area contributed by atoms with Crippen molar-refractivity contribution in [2.75, 3.05) is 25.7 Å². The number of ether oxygens (including phenoxy) is 2. The Kier molecular flexibility index (Phi) is 8.30. The summed E-state index contributed by atoms with van der Waals surface area (Å²) in [6.07, 6.45) is 1.54. The van der Waals surface area contributed by atoms with Crippen LogP contribution in [0.25, 0.3) is 0 Å². The molecule has 0 spiro atoms. The lowest BCUT2D eigenvalue weighted by atomic mass is 10.3. The van der Waals surface area contributed by atoms with Crippen molar-refractivity contribution in [2.24, 2.45) is 5.10 Å². The molecule has 8 nitrogen and oxygen atoms in total. The topological polar surface area (TPSA) is 88.1 Å². The van der Waals surface area contributed by atoms with Gasteiger partial charge in [0.15, 0.2) is 10.2 Å². The lowest BCUT2D eigenvalue weighted by Gasteiger charge is -2.18. The molecule has 2 aromatic rings. The van der Waals surface area contributed by atoms with Gasteiger partial charge in [-0.2, -0.15) is 5.10 Å². The molecule has 0 fully saturated rings. The van der Waals surface area contributed by atoms with Gasteiger partial charge in [-0.25, -0.2) is 4.98 Å². The number of anilines is 2. The van der Waals surface area contributed by atoms with Gasteiger partial charge >= 0.3 is 0 Å². The molecule has 1 amide bonds. The second-order valence-corrected chi connectivity index (χ2v) is 7.05. The molecule has 0 aliphatic rings. The second-order valence-electron chi connectivity index (χ2n) is 5.81. The molecule has 0 saturated heterocycles. The third kappa shape index (κ3) is 6.25. The zero-order valence-corrected chi connectivity index (χ0v) is 17.8. The van der Waals surface area contributed by atoms with Crippen LogP contribution >= 0.6 is 23.6 Å². The molecule has 2 N–H and O–H groups in total. The normalized spacial score (nSPS) is 11.9. The number of aromatic nitrogens is 1. The lowest BCUT2D eigenvalue weighted by molar-refractivity contribution is -0.115. The molecule has 1 atom stereocenters. The molecular formula is C18H23N5O3S2. The number of hydrogen-bond acceptors (Lipinski definition) is 7. The number of nitrogens with one attached hydrogen (secondary N) is 2. The first-order chi connectivity index (χ1) is 13.4. The Hall–Kier alpha value is -2.56. The molecule has 1 aromatic heterocycles. The van der Waals surface area contributed by atoms with E-state index in [1.54, 1.807) is 32.6 Å². The third-order valence-corrected chi connectivity index (χ3v) is 4.56. The van der Waals surface area contributed by atoms with Crippen molar-refractivity contribution >= 4 is 51.6 Å². The molecule has 1 aromatic carbocycles. The van der Waals surface area contributed by atoms with E-state index in [9.17, 15) is 4.79 Å². The number of thiocarbonyl (C=S) groups is 1. The number of methoxy groups -OCH3 is 2. The van der Waals surface area contributed by atoms with Crippen LogP contribution in [0.1, 0.15) is 19.5 Å². The van der Waals surface area contributed by atoms with Gasteiger partial charge in [0.2, 0.25) is 5.91 Å². The van der Waals surface area contributed by atoms with Crippen LogP contribution < -0.4 is 20.4 Å². The Morgan fingerprint density at radius 2 is 2.11 bits per heavy atom. The number of benzene rings is 1. The summed E-state index contributed by atoms with van der Waals surface area (Å²) in [6.45, 7) is 3.98. The molecule has 0 unspecified atom stereocenters. The Labute approximate surface area is 173 Å². The molecule has 0 aliphatic carbocycles. The fraction of sp³-hybridized carbons (Fsp3) is 0.333. The van der Waals surface area contributed by atoms with Crippen molar-refractivity contribution in [1.29, 1.82) is 0 Å². The molecule has 2 rings (SSSR count). The summed E-state index contributed by atoms with van der Waals surface area (Å²) in [6, 6.07) is 7.28. The van der Waals surface area contributed by atoms with E-state index in [1.165, 1.54) is 23.2 Å². The van der Waals surface area contributed by atoms with Crippen molar-refractivity contribution < 1.29 is 14.3 Å². The van der Waals surface area contributed by atoms with E-state index in [4.69, 9.17) is 21.7 Å². The van der Waals surface area contributed by atoms with Gasteiger partial charge in [-0.05, 0) is 43.4 Å². The van der Waals surface area contributed by atoms with Gasteiger partial charge in [-0.3, -0.25) is 15.1 Å². The number of thiazole rings is 1. The van der Waals surface area contributed by atoms with Gasteiger partial charge in [-0.1, -0.05) is 0 Å². The van der Waals surface area contributed by atoms with Crippen LogP contribution in [0, 0.1) is 0 Å². The van der Waals surface area contributed by atoms with Gasteiger partial charge in [0.1, 0.15) is 5.75 Å². The number of hydrazone groups is 1. The number of carbonyl (C=O) groups excluding carboxylic acids is 1. The Morgan fingerprint density at radius 3 is 2.71 bits per heavy atom. The summed E-state index contributed by atoms with van der Waals surface area (Å²) in [5.74, 6) is 0.577. The smallest absolute Gasteiger partial charge is 0.230 e. The first-order valence-electron chi connectivity index (χ1n) is 8.43. The van der Waals surface area contributed by atoms with Crippen molar-refractivity contribution in [1.82, 2.24) is 15.7 Å². The minimum atomic E-state index is -0.140. The summed E-state index contributed by atoms with van der Waals surface area (Å²) in [7, 11) is 3.22. The number of carbonyl (C=O) groups is 1. The van der Waals surface area contributed by atoms with E-state index in [0.717, 1.165) is 5.75 Å². The molecule has 1 heterocycles. The molecule has 0 radical (unpaired) electrons. The summed E-state index contributed by atoms with van der Waals surface area (Å²) < 4.78 is 10.2. The van der Waals surface area contributed by atoms with Gasteiger partial charge in [0.05, 0.1) is 31.3 Å². The fourth-order valence-corrected chi connectivity index (χ4v) is 3.39. The van der Waals surface area contributed by atoms with Crippen LogP contribution in [0.2, 0.25) is 0 Å². The predicted octanol–water partition coefficient (Wildman–Crippen LogP) is 2.67. The van der Waals surface area contributed by atoms with Crippen molar-refractivity contribution in [3.8, 4) is 5.75 Å². The van der Waals surface area contributed by atoms with E-state index in [-0.39, 0.29) is 11.9 Å². The SMILES string of the molecule is COC[C@H](C)NC(=S)N/N=C\c1csc(N(C(C)=O)c2ccc(OC)cc2)n1. The predicted molar refractivity (Wildman–Crippen MR) is 116 cm³/mol. The molecule has 28 heavy (non-hydrogen) atoms. The first kappa shape index (κ1) is 21.7. The van der Waals surface area contributed by atoms with E-state index in [1.807, 2.05) is 24.4 Å². The summed E-state index contributed by atoms with van der Waals surface area (Å²) in [5, 5.41) is 9.86. The number of rotatable bonds is 8. The van der Waals surface area contributed by atoms with Gasteiger partial charge in [0, 0.05) is 25.5 Å². The molecule has 0 saturated carbocycles. The number of amides is 1. The molecule has 0 bridgehead atoms. The zero-order valence-electron chi connectivity index (χ0n) is 16.1. The van der Waals surface area contributed by atoms with E-state index in [2.05, 4.69) is 20.8 Å². The number of hydrogen-bond donors (Lipinski definition) is 2. The van der Waals surface area contributed by atoms with E-state index >= 15 is 0 Å². The molecular weight excluding hydrogens is 398 g/mol. The second kappa shape index (κ2) is 10.7. The molecule has 0 aliphatic heterocycles. The largest absolute Gasteiger partial charge is 0.497 e. The van der Waals surface area contributed by atoms with Gasteiger partial charge in [-0.15, -0.1) is 11.3 Å². The molecule has 10 heteroatoms. The van der Waals surface area contributed by atoms with Crippen LogP contribution in [-0.4, -0.2) is 49.1 Å². The quantitative estimate of drug-likeness (QED) is 0.385. The summed E-state index contributed by atoms with van der Waals surface area (Å²) in [4.78, 5) is 18.1. The van der Waals surface area contributed by atoms with Crippen LogP contribution in [0.3, 0.4) is 0 Å². The summed E-state index contributed by atoms with van der Waals surface area (Å²) >= 11 is 6.50. The van der Waals surface area contributed by atoms with Gasteiger partial charge < -0.3 is 14.8 Å². The van der Waals surface area contributed by atoms with E-state index in [0.29, 0.717) is 28.2 Å². The van der Waals surface area contributed by atoms with Gasteiger partial charge in [0.25, 0.3) is 0 Å². The summed E-state index contributed by atoms with van der Waals surface area (Å²) in [5.41, 5.74) is 4.05. The first-order valence-corrected chi connectivity index (χ1v) is 9.72. The standard InChI is InChI=1S/C18H23N5O3S2/c1-12(10-25-3)20-17(27)22-19-9-14-11-28-18(21-14)23(13(2)24)15-5-7-16(26-4)8-6-15/h5-9,11-12H,10H2,1-4H3,(H2,20,22,27)/b19-9-/t12-/m0/s1. The average molecular weight is 422 g/mol. The van der Waals surface area contributed by atoms with Crippen molar-refractivity contribution in [3.63, 3.8) is 0 Å². The highest BCUT2D eigenvalue weighted by molar-refractivity contribution is 7.80. The molecule has 150 valence electrons. The minimum Gasteiger partial charge on any atom is -0.497 e. The van der Waals surface area contributed by atoms with Crippen LogP contribution in [0.15, 0.2) is 34.7 Å². The minimum absolute atomic E-state index is 0.0692. The van der Waals surface area contributed by atoms with Crippen LogP contribution in [0.5, 0.6) is 5.75 Å². The van der Waals surface area contributed by atoms with Crippen molar-refractivity contribution in [3.05, 3.63) is 35.3 Å². The highest BCUT2D eigenvalue weighted by Gasteiger charge is 2.17. The Balaban J connectivity index is 2.04. The maximum absolute atomic E-state index is 12.1. The van der Waals surface area contributed by atoms with Crippen molar-refractivity contribution in [2.45, 2.75) is 19.9 Å². The fourth-order valence-electron chi connectivity index (χ4n) is 2.30. The lowest BCUT2D eigenvalue weighted by Crippen LogP contribution is -2.40. The maximum Gasteiger partial charge on any atom is 0.230 e. The highest BCUT2D eigenvalue weighted by Crippen LogP contribution is 2.29. The van der Waals surface area contributed by atoms with E-state index < -0.39 is 0 Å².